The number of β-lactam (4-membered cyclic amide) rings is 1. The van der Waals surface area contributed by atoms with E-state index in [9.17, 15) is 14.7 Å². The minimum absolute atomic E-state index is 0. The van der Waals surface area contributed by atoms with Crippen molar-refractivity contribution >= 4 is 23.6 Å². The van der Waals surface area contributed by atoms with Gasteiger partial charge in [0.05, 0.1) is 23.5 Å². The number of hydrogen-bond acceptors (Lipinski definition) is 4. The molecular formula is C13H10NNaO3S. The van der Waals surface area contributed by atoms with E-state index >= 15 is 0 Å². The summed E-state index contributed by atoms with van der Waals surface area (Å²) in [5, 5.41) is 11.1. The monoisotopic (exact) mass is 283 g/mol. The van der Waals surface area contributed by atoms with Gasteiger partial charge in [0.1, 0.15) is 0 Å². The molecule has 1 aromatic rings. The number of carboxylic acids is 1. The van der Waals surface area contributed by atoms with Crippen molar-refractivity contribution in [1.29, 1.82) is 0 Å². The molecule has 0 radical (unpaired) electrons. The van der Waals surface area contributed by atoms with Crippen molar-refractivity contribution in [2.45, 2.75) is 18.2 Å². The fourth-order valence-electron chi connectivity index (χ4n) is 2.22. The van der Waals surface area contributed by atoms with Crippen LogP contribution in [0.2, 0.25) is 0 Å². The number of rotatable bonds is 3. The van der Waals surface area contributed by atoms with Crippen LogP contribution in [0.1, 0.15) is 12.0 Å². The molecule has 6 heteroatoms. The van der Waals surface area contributed by atoms with Crippen molar-refractivity contribution in [2.75, 3.05) is 0 Å². The summed E-state index contributed by atoms with van der Waals surface area (Å²) in [6, 6.07) is 9.62. The number of thioether (sulfide) groups is 1. The zero-order valence-corrected chi connectivity index (χ0v) is 13.3. The summed E-state index contributed by atoms with van der Waals surface area (Å²) in [6.07, 6.45) is 0.953. The first-order chi connectivity index (χ1) is 8.66. The third-order valence-electron chi connectivity index (χ3n) is 3.09. The first-order valence-corrected chi connectivity index (χ1v) is 6.52. The van der Waals surface area contributed by atoms with E-state index in [4.69, 9.17) is 0 Å². The Balaban J connectivity index is 0.00000133. The van der Waals surface area contributed by atoms with Crippen LogP contribution in [0, 0.1) is 0 Å². The van der Waals surface area contributed by atoms with Gasteiger partial charge in [-0.15, -0.1) is 11.8 Å². The van der Waals surface area contributed by atoms with E-state index in [-0.39, 0.29) is 46.5 Å². The van der Waals surface area contributed by atoms with E-state index < -0.39 is 5.97 Å². The van der Waals surface area contributed by atoms with E-state index in [2.05, 4.69) is 0 Å². The summed E-state index contributed by atoms with van der Waals surface area (Å²) in [5.41, 5.74) is 1.10. The Morgan fingerprint density at radius 1 is 1.37 bits per heavy atom. The second-order valence-electron chi connectivity index (χ2n) is 4.26. The van der Waals surface area contributed by atoms with E-state index in [1.54, 1.807) is 0 Å². The molecule has 0 aromatic heterocycles. The smallest absolute Gasteiger partial charge is 0.543 e. The molecule has 92 valence electrons. The zero-order valence-electron chi connectivity index (χ0n) is 10.5. The van der Waals surface area contributed by atoms with Crippen molar-refractivity contribution in [1.82, 2.24) is 4.90 Å². The molecule has 1 atom stereocenters. The van der Waals surface area contributed by atoms with E-state index in [0.717, 1.165) is 10.5 Å². The van der Waals surface area contributed by atoms with Gasteiger partial charge in [-0.3, -0.25) is 9.69 Å². The van der Waals surface area contributed by atoms with E-state index in [1.807, 2.05) is 30.3 Å². The Morgan fingerprint density at radius 2 is 2.05 bits per heavy atom. The maximum Gasteiger partial charge on any atom is 1.00 e. The normalized spacial score (nSPS) is 20.7. The minimum Gasteiger partial charge on any atom is -0.543 e. The zero-order chi connectivity index (χ0) is 12.7. The molecule has 19 heavy (non-hydrogen) atoms. The first-order valence-electron chi connectivity index (χ1n) is 5.64. The number of allylic oxidation sites excluding steroid dienone is 1. The van der Waals surface area contributed by atoms with Crippen molar-refractivity contribution in [3.8, 4) is 0 Å². The fraction of sp³-hybridized carbons (Fsp3) is 0.231. The van der Waals surface area contributed by atoms with Crippen LogP contribution in [-0.4, -0.2) is 22.2 Å². The number of amides is 1. The molecule has 4 nitrogen and oxygen atoms in total. The van der Waals surface area contributed by atoms with Gasteiger partial charge in [0.15, 0.2) is 0 Å². The van der Waals surface area contributed by atoms with Crippen LogP contribution in [0.15, 0.2) is 40.9 Å². The molecule has 1 saturated heterocycles. The van der Waals surface area contributed by atoms with Gasteiger partial charge in [0.25, 0.3) is 0 Å². The van der Waals surface area contributed by atoms with E-state index in [0.29, 0.717) is 12.8 Å². The molecule has 3 rings (SSSR count). The topological polar surface area (TPSA) is 60.4 Å². The number of carbonyl (C=O) groups excluding carboxylic acids is 2. The molecule has 0 unspecified atom stereocenters. The van der Waals surface area contributed by atoms with Crippen molar-refractivity contribution in [3.63, 3.8) is 0 Å². The summed E-state index contributed by atoms with van der Waals surface area (Å²) in [7, 11) is 0. The standard InChI is InChI=1S/C13H11NO3S.Na/c15-10-7-11-14(10)12(13(16)17)9(18-11)6-8-4-2-1-3-5-8;/h1-5,11H,6-7H2,(H,16,17);/q;+1/p-1/t11-;/m1./s1. The van der Waals surface area contributed by atoms with Crippen LogP contribution < -0.4 is 34.7 Å². The predicted molar refractivity (Wildman–Crippen MR) is 65.0 cm³/mol. The van der Waals surface area contributed by atoms with Gasteiger partial charge in [-0.2, -0.15) is 0 Å². The largest absolute Gasteiger partial charge is 1.00 e. The molecule has 2 heterocycles. The van der Waals surface area contributed by atoms with Crippen LogP contribution in [0.25, 0.3) is 0 Å². The Labute approximate surface area is 137 Å². The molecule has 2 aliphatic heterocycles. The number of carboxylic acid groups (broad SMARTS) is 1. The third kappa shape index (κ3) is 2.60. The van der Waals surface area contributed by atoms with Gasteiger partial charge >= 0.3 is 29.6 Å². The molecular weight excluding hydrogens is 273 g/mol. The number of nitrogens with zero attached hydrogens (tertiary/aromatic N) is 1. The van der Waals surface area contributed by atoms with Crippen molar-refractivity contribution in [2.24, 2.45) is 0 Å². The van der Waals surface area contributed by atoms with Gasteiger partial charge in [-0.1, -0.05) is 30.3 Å². The maximum absolute atomic E-state index is 11.4. The van der Waals surface area contributed by atoms with Gasteiger partial charge in [-0.25, -0.2) is 0 Å². The predicted octanol–water partition coefficient (Wildman–Crippen LogP) is -2.50. The van der Waals surface area contributed by atoms with Crippen LogP contribution in [0.4, 0.5) is 0 Å². The van der Waals surface area contributed by atoms with Crippen LogP contribution in [-0.2, 0) is 16.0 Å². The van der Waals surface area contributed by atoms with Crippen molar-refractivity contribution in [3.05, 3.63) is 46.5 Å². The summed E-state index contributed by atoms with van der Waals surface area (Å²) in [5.74, 6) is -1.39. The Bertz CT molecular complexity index is 558. The maximum atomic E-state index is 11.4. The van der Waals surface area contributed by atoms with Gasteiger partial charge in [0, 0.05) is 11.3 Å². The van der Waals surface area contributed by atoms with E-state index in [1.165, 1.54) is 16.7 Å². The summed E-state index contributed by atoms with van der Waals surface area (Å²) >= 11 is 1.46. The molecule has 0 saturated carbocycles. The first kappa shape index (κ1) is 14.7. The number of benzene rings is 1. The Hall–Kier alpha value is -0.750. The van der Waals surface area contributed by atoms with Gasteiger partial charge < -0.3 is 9.90 Å². The Kier molecular flexibility index (Phi) is 4.40. The minimum atomic E-state index is -1.26. The average molecular weight is 283 g/mol. The molecule has 0 N–H and O–H groups in total. The number of carbonyl (C=O) groups is 2. The molecule has 1 amide bonds. The molecule has 2 aliphatic rings. The second kappa shape index (κ2) is 5.71. The molecule has 0 aliphatic carbocycles. The van der Waals surface area contributed by atoms with Crippen LogP contribution in [0.3, 0.4) is 0 Å². The molecule has 0 spiro atoms. The second-order valence-corrected chi connectivity index (χ2v) is 5.53. The Morgan fingerprint density at radius 3 is 2.63 bits per heavy atom. The molecule has 1 fully saturated rings. The SMILES string of the molecule is O=C([O-])C1=C(Cc2ccccc2)S[C@@H]2CC(=O)N12.[Na+]. The van der Waals surface area contributed by atoms with Crippen molar-refractivity contribution < 1.29 is 44.3 Å². The third-order valence-corrected chi connectivity index (χ3v) is 4.36. The molecule has 0 bridgehead atoms. The quantitative estimate of drug-likeness (QED) is 0.454. The van der Waals surface area contributed by atoms with Crippen LogP contribution in [0.5, 0.6) is 0 Å². The fourth-order valence-corrected chi connectivity index (χ4v) is 3.65. The summed E-state index contributed by atoms with van der Waals surface area (Å²) in [6.45, 7) is 0. The average Bonchev–Trinajstić information content (AvgIpc) is 2.63. The number of aliphatic carboxylic acids is 1. The summed E-state index contributed by atoms with van der Waals surface area (Å²) in [4.78, 5) is 24.6. The number of fused-ring (bicyclic) bond motifs is 1. The molecule has 1 aromatic carbocycles. The van der Waals surface area contributed by atoms with Gasteiger partial charge in [-0.05, 0) is 5.56 Å². The number of hydrogen-bond donors (Lipinski definition) is 0. The van der Waals surface area contributed by atoms with Gasteiger partial charge in [0.2, 0.25) is 5.91 Å². The summed E-state index contributed by atoms with van der Waals surface area (Å²) < 4.78 is 0. The van der Waals surface area contributed by atoms with Crippen LogP contribution >= 0.6 is 11.8 Å².